The predicted molar refractivity (Wildman–Crippen MR) is 91.5 cm³/mol. The van der Waals surface area contributed by atoms with Crippen molar-refractivity contribution in [1.82, 2.24) is 0 Å². The molecule has 0 radical (unpaired) electrons. The van der Waals surface area contributed by atoms with E-state index in [1.165, 1.54) is 29.8 Å². The Morgan fingerprint density at radius 2 is 0.957 bits per heavy atom. The third-order valence-electron chi connectivity index (χ3n) is 3.17. The fourth-order valence-electron chi connectivity index (χ4n) is 1.93. The van der Waals surface area contributed by atoms with Gasteiger partial charge in [0.05, 0.1) is 0 Å². The van der Waals surface area contributed by atoms with Gasteiger partial charge in [-0.05, 0) is 40.9 Å². The van der Waals surface area contributed by atoms with Crippen LogP contribution in [0.15, 0.2) is 78.9 Å². The second-order valence-electron chi connectivity index (χ2n) is 4.88. The molecule has 5 heteroatoms. The standard InChI is InChI=1S/C12H10O.C6H7BO3/c13-12-8-6-11(7-9-12)10-4-2-1-3-5-10;8-6-3-1-5(2-4-6)7(9)10/h1-9,13H;1-4,8-10H. The van der Waals surface area contributed by atoms with E-state index < -0.39 is 7.12 Å². The van der Waals surface area contributed by atoms with E-state index in [-0.39, 0.29) is 5.75 Å². The summed E-state index contributed by atoms with van der Waals surface area (Å²) in [5.74, 6) is 0.420. The minimum Gasteiger partial charge on any atom is -0.508 e. The van der Waals surface area contributed by atoms with Gasteiger partial charge >= 0.3 is 7.12 Å². The summed E-state index contributed by atoms with van der Waals surface area (Å²) in [6.45, 7) is 0. The summed E-state index contributed by atoms with van der Waals surface area (Å²) in [6.07, 6.45) is 0. The van der Waals surface area contributed by atoms with Crippen molar-refractivity contribution >= 4 is 12.6 Å². The molecule has 0 saturated carbocycles. The van der Waals surface area contributed by atoms with Crippen molar-refractivity contribution in [1.29, 1.82) is 0 Å². The Kier molecular flexibility index (Phi) is 5.80. The molecule has 23 heavy (non-hydrogen) atoms. The smallest absolute Gasteiger partial charge is 0.488 e. The third-order valence-corrected chi connectivity index (χ3v) is 3.17. The summed E-state index contributed by atoms with van der Waals surface area (Å²) in [5.41, 5.74) is 2.67. The summed E-state index contributed by atoms with van der Waals surface area (Å²) in [6, 6.07) is 23.0. The van der Waals surface area contributed by atoms with Gasteiger partial charge in [-0.1, -0.05) is 54.6 Å². The van der Waals surface area contributed by atoms with Gasteiger partial charge in [0.25, 0.3) is 0 Å². The summed E-state index contributed by atoms with van der Waals surface area (Å²) in [5, 5.41) is 35.1. The molecule has 3 rings (SSSR count). The van der Waals surface area contributed by atoms with E-state index in [0.717, 1.165) is 5.56 Å². The molecule has 0 atom stereocenters. The van der Waals surface area contributed by atoms with Gasteiger partial charge in [-0.25, -0.2) is 0 Å². The van der Waals surface area contributed by atoms with Gasteiger partial charge in [-0.15, -0.1) is 0 Å². The number of phenolic OH excluding ortho intramolecular Hbond substituents is 2. The van der Waals surface area contributed by atoms with Crippen molar-refractivity contribution in [2.45, 2.75) is 0 Å². The van der Waals surface area contributed by atoms with Crippen LogP contribution in [0, 0.1) is 0 Å². The van der Waals surface area contributed by atoms with Crippen LogP contribution in [0.5, 0.6) is 11.5 Å². The number of phenols is 2. The Morgan fingerprint density at radius 1 is 0.522 bits per heavy atom. The van der Waals surface area contributed by atoms with Crippen LogP contribution < -0.4 is 5.46 Å². The van der Waals surface area contributed by atoms with Crippen LogP contribution in [0.1, 0.15) is 0 Å². The Labute approximate surface area is 135 Å². The lowest BCUT2D eigenvalue weighted by molar-refractivity contribution is 0.425. The molecule has 0 aliphatic carbocycles. The molecule has 0 unspecified atom stereocenters. The van der Waals surface area contributed by atoms with Crippen LogP contribution in [0.3, 0.4) is 0 Å². The highest BCUT2D eigenvalue weighted by Crippen LogP contribution is 2.20. The summed E-state index contributed by atoms with van der Waals surface area (Å²) in [4.78, 5) is 0. The van der Waals surface area contributed by atoms with Crippen molar-refractivity contribution in [2.24, 2.45) is 0 Å². The van der Waals surface area contributed by atoms with Crippen molar-refractivity contribution < 1.29 is 20.3 Å². The minimum absolute atomic E-state index is 0.115. The zero-order chi connectivity index (χ0) is 16.7. The van der Waals surface area contributed by atoms with Crippen LogP contribution in [0.25, 0.3) is 11.1 Å². The highest BCUT2D eigenvalue weighted by atomic mass is 16.4. The molecule has 0 aliphatic heterocycles. The largest absolute Gasteiger partial charge is 0.508 e. The van der Waals surface area contributed by atoms with Gasteiger partial charge in [-0.3, -0.25) is 0 Å². The second-order valence-corrected chi connectivity index (χ2v) is 4.88. The van der Waals surface area contributed by atoms with Gasteiger partial charge in [0.1, 0.15) is 11.5 Å². The average Bonchev–Trinajstić information content (AvgIpc) is 2.57. The lowest BCUT2D eigenvalue weighted by Gasteiger charge is -2.00. The van der Waals surface area contributed by atoms with Crippen LogP contribution in [0.2, 0.25) is 0 Å². The molecule has 0 heterocycles. The molecule has 0 amide bonds. The normalized spacial score (nSPS) is 9.65. The molecule has 3 aromatic rings. The Morgan fingerprint density at radius 3 is 1.43 bits per heavy atom. The first-order chi connectivity index (χ1) is 11.1. The lowest BCUT2D eigenvalue weighted by Crippen LogP contribution is -2.29. The van der Waals surface area contributed by atoms with E-state index in [1.54, 1.807) is 12.1 Å². The topological polar surface area (TPSA) is 80.9 Å². The lowest BCUT2D eigenvalue weighted by atomic mass is 9.80. The first kappa shape index (κ1) is 16.6. The predicted octanol–water partition coefficient (Wildman–Crippen LogP) is 2.13. The molecule has 0 spiro atoms. The van der Waals surface area contributed by atoms with Crippen LogP contribution >= 0.6 is 0 Å². The molecule has 0 aliphatic rings. The molecule has 0 fully saturated rings. The van der Waals surface area contributed by atoms with Crippen LogP contribution in [-0.4, -0.2) is 27.4 Å². The van der Waals surface area contributed by atoms with E-state index in [9.17, 15) is 0 Å². The first-order valence-corrected chi connectivity index (χ1v) is 7.06. The SMILES string of the molecule is OB(O)c1ccc(O)cc1.Oc1ccc(-c2ccccc2)cc1. The fourth-order valence-corrected chi connectivity index (χ4v) is 1.93. The third kappa shape index (κ3) is 5.18. The van der Waals surface area contributed by atoms with Crippen molar-refractivity contribution in [2.75, 3.05) is 0 Å². The number of rotatable bonds is 2. The quantitative estimate of drug-likeness (QED) is 0.547. The second kappa shape index (κ2) is 8.03. The Balaban J connectivity index is 0.000000174. The van der Waals surface area contributed by atoms with Crippen molar-refractivity contribution in [3.05, 3.63) is 78.9 Å². The summed E-state index contributed by atoms with van der Waals surface area (Å²) >= 11 is 0. The van der Waals surface area contributed by atoms with Gasteiger partial charge in [-0.2, -0.15) is 0 Å². The molecule has 3 aromatic carbocycles. The molecule has 116 valence electrons. The average molecular weight is 308 g/mol. The maximum Gasteiger partial charge on any atom is 0.488 e. The van der Waals surface area contributed by atoms with E-state index in [4.69, 9.17) is 20.3 Å². The maximum atomic E-state index is 9.10. The molecular formula is C18H17BO4. The zero-order valence-electron chi connectivity index (χ0n) is 12.4. The van der Waals surface area contributed by atoms with Crippen molar-refractivity contribution in [3.63, 3.8) is 0 Å². The van der Waals surface area contributed by atoms with Gasteiger partial charge in [0, 0.05) is 0 Å². The van der Waals surface area contributed by atoms with Crippen LogP contribution in [-0.2, 0) is 0 Å². The fraction of sp³-hybridized carbons (Fsp3) is 0. The maximum absolute atomic E-state index is 9.10. The van der Waals surface area contributed by atoms with Gasteiger partial charge in [0.15, 0.2) is 0 Å². The molecule has 0 aromatic heterocycles. The molecule has 0 saturated heterocycles. The highest BCUT2D eigenvalue weighted by Gasteiger charge is 2.08. The first-order valence-electron chi connectivity index (χ1n) is 7.06. The van der Waals surface area contributed by atoms with Crippen LogP contribution in [0.4, 0.5) is 0 Å². The van der Waals surface area contributed by atoms with E-state index in [0.29, 0.717) is 11.2 Å². The van der Waals surface area contributed by atoms with E-state index >= 15 is 0 Å². The molecule has 4 nitrogen and oxygen atoms in total. The molecule has 4 N–H and O–H groups in total. The minimum atomic E-state index is -1.46. The Hall–Kier alpha value is -2.76. The Bertz CT molecular complexity index is 710. The van der Waals surface area contributed by atoms with E-state index in [2.05, 4.69) is 0 Å². The number of aromatic hydroxyl groups is 2. The van der Waals surface area contributed by atoms with Gasteiger partial charge in [0.2, 0.25) is 0 Å². The number of hydrogen-bond acceptors (Lipinski definition) is 4. The monoisotopic (exact) mass is 308 g/mol. The van der Waals surface area contributed by atoms with Crippen molar-refractivity contribution in [3.8, 4) is 22.6 Å². The van der Waals surface area contributed by atoms with Gasteiger partial charge < -0.3 is 20.3 Å². The zero-order valence-corrected chi connectivity index (χ0v) is 12.4. The number of benzene rings is 3. The highest BCUT2D eigenvalue weighted by molar-refractivity contribution is 6.58. The molecule has 0 bridgehead atoms. The number of hydrogen-bond donors (Lipinski definition) is 4. The summed E-state index contributed by atoms with van der Waals surface area (Å²) < 4.78 is 0. The molecular weight excluding hydrogens is 291 g/mol. The van der Waals surface area contributed by atoms with E-state index in [1.807, 2.05) is 42.5 Å². The summed E-state index contributed by atoms with van der Waals surface area (Å²) in [7, 11) is -1.46.